The highest BCUT2D eigenvalue weighted by atomic mass is 16.4. The number of hydrogen-bond donors (Lipinski definition) is 3. The second-order valence-corrected chi connectivity index (χ2v) is 2.21. The molecule has 1 aromatic rings. The van der Waals surface area contributed by atoms with Crippen LogP contribution in [-0.2, 0) is 11.2 Å². The molecule has 0 amide bonds. The van der Waals surface area contributed by atoms with Crippen molar-refractivity contribution >= 4 is 5.97 Å². The zero-order valence-electron chi connectivity index (χ0n) is 6.32. The Morgan fingerprint density at radius 2 is 2.50 bits per heavy atom. The molecule has 0 bridgehead atoms. The Kier molecular flexibility index (Phi) is 3.95. The second kappa shape index (κ2) is 4.47. The van der Waals surface area contributed by atoms with Gasteiger partial charge in [-0.15, -0.1) is 0 Å². The minimum atomic E-state index is -1.01. The lowest BCUT2D eigenvalue weighted by atomic mass is 10.2. The van der Waals surface area contributed by atoms with Gasteiger partial charge in [-0.3, -0.25) is 4.79 Å². The van der Waals surface area contributed by atoms with Crippen LogP contribution in [0.25, 0.3) is 0 Å². The average molecular weight is 173 g/mol. The minimum absolute atomic E-state index is 0. The van der Waals surface area contributed by atoms with Gasteiger partial charge in [0.15, 0.2) is 0 Å². The Labute approximate surface area is 68.7 Å². The fourth-order valence-corrected chi connectivity index (χ4v) is 0.715. The minimum Gasteiger partial charge on any atom is -0.480 e. The highest BCUT2D eigenvalue weighted by molar-refractivity contribution is 5.73. The van der Waals surface area contributed by atoms with Crippen LogP contribution in [0.5, 0.6) is 0 Å². The first-order valence-corrected chi connectivity index (χ1v) is 3.16. The molecule has 1 heterocycles. The average Bonchev–Trinajstić information content (AvgIpc) is 2.39. The van der Waals surface area contributed by atoms with Gasteiger partial charge in [0.25, 0.3) is 0 Å². The van der Waals surface area contributed by atoms with Crippen molar-refractivity contribution in [1.29, 1.82) is 0 Å². The number of nitrogens with zero attached hydrogens (tertiary/aromatic N) is 1. The number of nitrogens with one attached hydrogen (secondary N) is 1. The van der Waals surface area contributed by atoms with E-state index in [0.29, 0.717) is 5.69 Å². The number of aromatic amines is 1. The third kappa shape index (κ3) is 2.69. The smallest absolute Gasteiger partial charge is 0.320 e. The van der Waals surface area contributed by atoms with Crippen LogP contribution in [0.4, 0.5) is 0 Å². The molecule has 0 radical (unpaired) electrons. The van der Waals surface area contributed by atoms with E-state index >= 15 is 0 Å². The monoisotopic (exact) mass is 173 g/mol. The molecule has 1 atom stereocenters. The van der Waals surface area contributed by atoms with Crippen molar-refractivity contribution in [2.75, 3.05) is 0 Å². The first-order valence-electron chi connectivity index (χ1n) is 3.16. The zero-order chi connectivity index (χ0) is 8.27. The van der Waals surface area contributed by atoms with E-state index in [-0.39, 0.29) is 11.9 Å². The number of nitrogens with two attached hydrogens (primary N) is 1. The van der Waals surface area contributed by atoms with Gasteiger partial charge < -0.3 is 21.3 Å². The van der Waals surface area contributed by atoms with Gasteiger partial charge in [-0.25, -0.2) is 4.98 Å². The van der Waals surface area contributed by atoms with E-state index in [1.807, 2.05) is 0 Å². The lowest BCUT2D eigenvalue weighted by Gasteiger charge is -2.01. The van der Waals surface area contributed by atoms with Crippen molar-refractivity contribution in [3.05, 3.63) is 18.2 Å². The molecule has 0 saturated carbocycles. The molecule has 0 unspecified atom stereocenters. The van der Waals surface area contributed by atoms with Crippen LogP contribution in [0.1, 0.15) is 5.69 Å². The van der Waals surface area contributed by atoms with Gasteiger partial charge in [-0.05, 0) is 0 Å². The van der Waals surface area contributed by atoms with Gasteiger partial charge in [0, 0.05) is 12.6 Å². The molecular weight excluding hydrogens is 162 g/mol. The van der Waals surface area contributed by atoms with Crippen LogP contribution in [0.3, 0.4) is 0 Å². The molecule has 68 valence electrons. The summed E-state index contributed by atoms with van der Waals surface area (Å²) in [5.41, 5.74) is 5.92. The predicted octanol–water partition coefficient (Wildman–Crippen LogP) is -1.46. The largest absolute Gasteiger partial charge is 0.480 e. The predicted molar refractivity (Wildman–Crippen MR) is 41.5 cm³/mol. The number of H-pyrrole nitrogens is 1. The number of aromatic nitrogens is 2. The molecule has 6 nitrogen and oxygen atoms in total. The third-order valence-electron chi connectivity index (χ3n) is 1.30. The number of carboxylic acids is 1. The van der Waals surface area contributed by atoms with Gasteiger partial charge in [-0.2, -0.15) is 0 Å². The molecular formula is C6H11N3O3. The van der Waals surface area contributed by atoms with E-state index in [1.165, 1.54) is 6.33 Å². The van der Waals surface area contributed by atoms with Gasteiger partial charge in [-0.1, -0.05) is 0 Å². The molecule has 0 aliphatic carbocycles. The molecule has 12 heavy (non-hydrogen) atoms. The first kappa shape index (κ1) is 10.6. The van der Waals surface area contributed by atoms with Crippen molar-refractivity contribution < 1.29 is 15.4 Å². The topological polar surface area (TPSA) is 124 Å². The molecule has 0 aliphatic rings. The van der Waals surface area contributed by atoms with Gasteiger partial charge >= 0.3 is 5.97 Å². The second-order valence-electron chi connectivity index (χ2n) is 2.21. The lowest BCUT2D eigenvalue weighted by Crippen LogP contribution is -2.32. The Bertz CT molecular complexity index is 234. The molecule has 1 rings (SSSR count). The number of rotatable bonds is 3. The third-order valence-corrected chi connectivity index (χ3v) is 1.30. The summed E-state index contributed by atoms with van der Waals surface area (Å²) < 4.78 is 0. The molecule has 6 N–H and O–H groups in total. The van der Waals surface area contributed by atoms with E-state index in [2.05, 4.69) is 9.97 Å². The van der Waals surface area contributed by atoms with E-state index in [1.54, 1.807) is 6.20 Å². The summed E-state index contributed by atoms with van der Waals surface area (Å²) in [6.07, 6.45) is 3.38. The van der Waals surface area contributed by atoms with E-state index in [0.717, 1.165) is 0 Å². The highest BCUT2D eigenvalue weighted by Crippen LogP contribution is 1.95. The Hall–Kier alpha value is -1.40. The maximum atomic E-state index is 10.3. The maximum absolute atomic E-state index is 10.3. The maximum Gasteiger partial charge on any atom is 0.320 e. The number of imidazole rings is 1. The van der Waals surface area contributed by atoms with E-state index in [9.17, 15) is 4.79 Å². The first-order chi connectivity index (χ1) is 5.20. The zero-order valence-corrected chi connectivity index (χ0v) is 6.32. The Morgan fingerprint density at radius 1 is 1.83 bits per heavy atom. The van der Waals surface area contributed by atoms with Gasteiger partial charge in [0.1, 0.15) is 6.04 Å². The molecule has 6 heteroatoms. The summed E-state index contributed by atoms with van der Waals surface area (Å²) in [6, 6.07) is -0.863. The van der Waals surface area contributed by atoms with Crippen molar-refractivity contribution in [3.63, 3.8) is 0 Å². The van der Waals surface area contributed by atoms with E-state index < -0.39 is 12.0 Å². The summed E-state index contributed by atoms with van der Waals surface area (Å²) >= 11 is 0. The molecule has 1 aromatic heterocycles. The normalized spacial score (nSPS) is 11.8. The van der Waals surface area contributed by atoms with Crippen LogP contribution in [-0.4, -0.2) is 32.6 Å². The standard InChI is InChI=1S/C6H9N3O2.H2O/c7-5(6(10)11)1-4-2-8-3-9-4;/h2-3,5H,1,7H2,(H,8,9)(H,10,11);1H2/t5-;/m1./s1. The Morgan fingerprint density at radius 3 is 2.92 bits per heavy atom. The van der Waals surface area contributed by atoms with Crippen molar-refractivity contribution in [2.45, 2.75) is 12.5 Å². The van der Waals surface area contributed by atoms with E-state index in [4.69, 9.17) is 10.8 Å². The van der Waals surface area contributed by atoms with Crippen molar-refractivity contribution in [2.24, 2.45) is 5.73 Å². The van der Waals surface area contributed by atoms with Crippen LogP contribution in [0.15, 0.2) is 12.5 Å². The van der Waals surface area contributed by atoms with Crippen LogP contribution < -0.4 is 5.73 Å². The van der Waals surface area contributed by atoms with Crippen LogP contribution in [0.2, 0.25) is 0 Å². The number of carbonyl (C=O) groups is 1. The quantitative estimate of drug-likeness (QED) is 0.516. The molecule has 0 saturated heterocycles. The summed E-state index contributed by atoms with van der Waals surface area (Å²) in [7, 11) is 0. The van der Waals surface area contributed by atoms with Gasteiger partial charge in [0.05, 0.1) is 12.0 Å². The summed E-state index contributed by atoms with van der Waals surface area (Å²) in [6.45, 7) is 0. The summed E-state index contributed by atoms with van der Waals surface area (Å²) in [4.78, 5) is 16.8. The number of carboxylic acid groups (broad SMARTS) is 1. The summed E-state index contributed by atoms with van der Waals surface area (Å²) in [5, 5.41) is 8.42. The van der Waals surface area contributed by atoms with Gasteiger partial charge in [0.2, 0.25) is 0 Å². The molecule has 0 aliphatic heterocycles. The SMILES string of the molecule is N[C@H](Cc1c[nH]cn1)C(=O)O.O. The highest BCUT2D eigenvalue weighted by Gasteiger charge is 2.12. The Balaban J connectivity index is 0.00000121. The molecule has 0 fully saturated rings. The fourth-order valence-electron chi connectivity index (χ4n) is 0.715. The molecule has 0 spiro atoms. The lowest BCUT2D eigenvalue weighted by molar-refractivity contribution is -0.138. The number of aliphatic carboxylic acids is 1. The fraction of sp³-hybridized carbons (Fsp3) is 0.333. The van der Waals surface area contributed by atoms with Crippen LogP contribution >= 0.6 is 0 Å². The molecule has 0 aromatic carbocycles. The van der Waals surface area contributed by atoms with Crippen LogP contribution in [0, 0.1) is 0 Å². The van der Waals surface area contributed by atoms with Crippen molar-refractivity contribution in [3.8, 4) is 0 Å². The van der Waals surface area contributed by atoms with Crippen molar-refractivity contribution in [1.82, 2.24) is 9.97 Å². The number of hydrogen-bond acceptors (Lipinski definition) is 3. The summed E-state index contributed by atoms with van der Waals surface area (Å²) in [5.74, 6) is -1.01.